The summed E-state index contributed by atoms with van der Waals surface area (Å²) in [4.78, 5) is 38.0. The number of esters is 3. The highest BCUT2D eigenvalue weighted by Crippen LogP contribution is 2.19. The van der Waals surface area contributed by atoms with Gasteiger partial charge in [-0.05, 0) is 37.0 Å². The lowest BCUT2D eigenvalue weighted by Crippen LogP contribution is -2.30. The van der Waals surface area contributed by atoms with Crippen molar-refractivity contribution >= 4 is 17.9 Å². The average molecular weight is 863 g/mol. The van der Waals surface area contributed by atoms with Gasteiger partial charge in [0.15, 0.2) is 6.10 Å². The van der Waals surface area contributed by atoms with Crippen molar-refractivity contribution in [3.8, 4) is 0 Å². The van der Waals surface area contributed by atoms with E-state index in [9.17, 15) is 14.4 Å². The SMILES string of the molecule is CCC(C)CCCCCCCCCCCCC(=O)O[C@@H](COC(=O)CCCCCCCCCCCCCCCCCCC(C)C)COC(=O)CCCCCCCCC(C)CC. The molecule has 2 unspecified atom stereocenters. The number of unbranched alkanes of at least 4 members (excludes halogenated alkanes) is 29. The van der Waals surface area contributed by atoms with Crippen LogP contribution in [0, 0.1) is 17.8 Å². The van der Waals surface area contributed by atoms with E-state index >= 15 is 0 Å². The van der Waals surface area contributed by atoms with E-state index in [1.807, 2.05) is 0 Å². The Balaban J connectivity index is 4.26. The van der Waals surface area contributed by atoms with Gasteiger partial charge >= 0.3 is 17.9 Å². The molecule has 3 atom stereocenters. The molecule has 0 spiro atoms. The van der Waals surface area contributed by atoms with Crippen molar-refractivity contribution in [3.05, 3.63) is 0 Å². The summed E-state index contributed by atoms with van der Waals surface area (Å²) in [7, 11) is 0. The molecular formula is C55H106O6. The van der Waals surface area contributed by atoms with Crippen LogP contribution in [0.5, 0.6) is 0 Å². The summed E-state index contributed by atoms with van der Waals surface area (Å²) in [5.41, 5.74) is 0. The van der Waals surface area contributed by atoms with Gasteiger partial charge in [-0.15, -0.1) is 0 Å². The van der Waals surface area contributed by atoms with E-state index in [-0.39, 0.29) is 31.1 Å². The maximum Gasteiger partial charge on any atom is 0.306 e. The lowest BCUT2D eigenvalue weighted by Gasteiger charge is -2.18. The van der Waals surface area contributed by atoms with Gasteiger partial charge in [-0.3, -0.25) is 14.4 Å². The zero-order chi connectivity index (χ0) is 44.9. The largest absolute Gasteiger partial charge is 0.462 e. The summed E-state index contributed by atoms with van der Waals surface area (Å²) in [5.74, 6) is 1.68. The van der Waals surface area contributed by atoms with Crippen molar-refractivity contribution in [1.82, 2.24) is 0 Å². The topological polar surface area (TPSA) is 78.9 Å². The van der Waals surface area contributed by atoms with Crippen molar-refractivity contribution in [2.75, 3.05) is 13.2 Å². The maximum atomic E-state index is 12.8. The molecule has 0 saturated heterocycles. The van der Waals surface area contributed by atoms with E-state index < -0.39 is 6.10 Å². The highest BCUT2D eigenvalue weighted by atomic mass is 16.6. The Bertz CT molecular complexity index is 949. The fourth-order valence-electron chi connectivity index (χ4n) is 8.23. The molecule has 0 rings (SSSR count). The first-order chi connectivity index (χ1) is 29.7. The average Bonchev–Trinajstić information content (AvgIpc) is 3.24. The van der Waals surface area contributed by atoms with E-state index in [4.69, 9.17) is 14.2 Å². The van der Waals surface area contributed by atoms with Gasteiger partial charge in [0.1, 0.15) is 13.2 Å². The molecule has 0 fully saturated rings. The Morgan fingerprint density at radius 3 is 0.852 bits per heavy atom. The highest BCUT2D eigenvalue weighted by molar-refractivity contribution is 5.71. The molecular weight excluding hydrogens is 757 g/mol. The van der Waals surface area contributed by atoms with E-state index in [2.05, 4.69) is 41.5 Å². The smallest absolute Gasteiger partial charge is 0.306 e. The molecule has 0 radical (unpaired) electrons. The van der Waals surface area contributed by atoms with E-state index in [1.165, 1.54) is 180 Å². The van der Waals surface area contributed by atoms with Crippen LogP contribution in [-0.4, -0.2) is 37.2 Å². The van der Waals surface area contributed by atoms with Crippen molar-refractivity contribution < 1.29 is 28.6 Å². The number of carbonyl (C=O) groups is 3. The van der Waals surface area contributed by atoms with Gasteiger partial charge in [-0.1, -0.05) is 260 Å². The molecule has 0 saturated carbocycles. The van der Waals surface area contributed by atoms with Crippen LogP contribution in [-0.2, 0) is 28.6 Å². The molecule has 0 N–H and O–H groups in total. The first-order valence-corrected chi connectivity index (χ1v) is 27.2. The van der Waals surface area contributed by atoms with Gasteiger partial charge in [0.25, 0.3) is 0 Å². The number of rotatable bonds is 48. The minimum atomic E-state index is -0.763. The highest BCUT2D eigenvalue weighted by Gasteiger charge is 2.19. The number of hydrogen-bond donors (Lipinski definition) is 0. The molecule has 0 aliphatic rings. The summed E-state index contributed by atoms with van der Waals surface area (Å²) in [6.07, 6.45) is 46.6. The predicted molar refractivity (Wildman–Crippen MR) is 261 cm³/mol. The first kappa shape index (κ1) is 59.4. The molecule has 0 aromatic rings. The quantitative estimate of drug-likeness (QED) is 0.0344. The summed E-state index contributed by atoms with van der Waals surface area (Å²) >= 11 is 0. The van der Waals surface area contributed by atoms with Crippen LogP contribution in [0.25, 0.3) is 0 Å². The summed E-state index contributed by atoms with van der Waals surface area (Å²) in [6, 6.07) is 0. The molecule has 0 aliphatic heterocycles. The molecule has 0 aliphatic carbocycles. The molecule has 0 bridgehead atoms. The number of ether oxygens (including phenoxy) is 3. The fourth-order valence-corrected chi connectivity index (χ4v) is 8.23. The maximum absolute atomic E-state index is 12.8. The summed E-state index contributed by atoms with van der Waals surface area (Å²) in [5, 5.41) is 0. The van der Waals surface area contributed by atoms with Gasteiger partial charge in [0.05, 0.1) is 0 Å². The van der Waals surface area contributed by atoms with Crippen LogP contribution in [0.4, 0.5) is 0 Å². The molecule has 362 valence electrons. The zero-order valence-corrected chi connectivity index (χ0v) is 42.0. The van der Waals surface area contributed by atoms with E-state index in [1.54, 1.807) is 0 Å². The molecule has 0 aromatic heterocycles. The van der Waals surface area contributed by atoms with Crippen LogP contribution in [0.1, 0.15) is 298 Å². The van der Waals surface area contributed by atoms with Gasteiger partial charge < -0.3 is 14.2 Å². The van der Waals surface area contributed by atoms with Crippen molar-refractivity contribution in [2.24, 2.45) is 17.8 Å². The minimum absolute atomic E-state index is 0.0649. The number of hydrogen-bond acceptors (Lipinski definition) is 6. The van der Waals surface area contributed by atoms with Gasteiger partial charge in [-0.25, -0.2) is 0 Å². The Hall–Kier alpha value is -1.59. The lowest BCUT2D eigenvalue weighted by molar-refractivity contribution is -0.167. The Morgan fingerprint density at radius 1 is 0.328 bits per heavy atom. The number of carbonyl (C=O) groups excluding carboxylic acids is 3. The second-order valence-electron chi connectivity index (χ2n) is 19.8. The minimum Gasteiger partial charge on any atom is -0.462 e. The van der Waals surface area contributed by atoms with Gasteiger partial charge in [-0.2, -0.15) is 0 Å². The Kier molecular flexibility index (Phi) is 45.2. The van der Waals surface area contributed by atoms with Gasteiger partial charge in [0, 0.05) is 19.3 Å². The third-order valence-corrected chi connectivity index (χ3v) is 13.1. The van der Waals surface area contributed by atoms with Crippen molar-refractivity contribution in [1.29, 1.82) is 0 Å². The third-order valence-electron chi connectivity index (χ3n) is 13.1. The lowest BCUT2D eigenvalue weighted by atomic mass is 9.99. The van der Waals surface area contributed by atoms with Crippen LogP contribution in [0.15, 0.2) is 0 Å². The van der Waals surface area contributed by atoms with Crippen LogP contribution >= 0.6 is 0 Å². The molecule has 0 heterocycles. The Labute approximate surface area is 380 Å². The van der Waals surface area contributed by atoms with Crippen LogP contribution < -0.4 is 0 Å². The zero-order valence-electron chi connectivity index (χ0n) is 42.0. The molecule has 0 aromatic carbocycles. The van der Waals surface area contributed by atoms with Gasteiger partial charge in [0.2, 0.25) is 0 Å². The molecule has 61 heavy (non-hydrogen) atoms. The van der Waals surface area contributed by atoms with Crippen molar-refractivity contribution in [3.63, 3.8) is 0 Å². The molecule has 6 heteroatoms. The second kappa shape index (κ2) is 46.4. The van der Waals surface area contributed by atoms with Crippen LogP contribution in [0.3, 0.4) is 0 Å². The van der Waals surface area contributed by atoms with Crippen LogP contribution in [0.2, 0.25) is 0 Å². The third kappa shape index (κ3) is 46.2. The first-order valence-electron chi connectivity index (χ1n) is 27.2. The monoisotopic (exact) mass is 863 g/mol. The normalized spacial score (nSPS) is 13.0. The Morgan fingerprint density at radius 2 is 0.574 bits per heavy atom. The molecule has 0 amide bonds. The molecule has 6 nitrogen and oxygen atoms in total. The predicted octanol–water partition coefficient (Wildman–Crippen LogP) is 17.6. The standard InChI is InChI=1S/C55H106O6/c1-7-50(5)42-36-30-24-20-17-18-22-26-34-40-46-55(58)61-52(48-60-54(57)45-39-33-28-27-31-37-43-51(6)8-2)47-59-53(56)44-38-32-25-21-16-14-12-10-9-11-13-15-19-23-29-35-41-49(3)4/h49-52H,7-48H2,1-6H3/t50?,51?,52-/m0/s1. The van der Waals surface area contributed by atoms with Crippen molar-refractivity contribution in [2.45, 2.75) is 304 Å². The van der Waals surface area contributed by atoms with E-state index in [0.717, 1.165) is 75.5 Å². The summed E-state index contributed by atoms with van der Waals surface area (Å²) < 4.78 is 16.8. The fraction of sp³-hybridized carbons (Fsp3) is 0.945. The second-order valence-corrected chi connectivity index (χ2v) is 19.8. The van der Waals surface area contributed by atoms with E-state index in [0.29, 0.717) is 19.3 Å². The summed E-state index contributed by atoms with van der Waals surface area (Å²) in [6.45, 7) is 13.7.